The number of esters is 1. The number of amides is 1. The zero-order valence-corrected chi connectivity index (χ0v) is 19.2. The van der Waals surface area contributed by atoms with E-state index in [4.69, 9.17) is 16.3 Å². The summed E-state index contributed by atoms with van der Waals surface area (Å²) in [5.74, 6) is -1.09. The zero-order valence-electron chi connectivity index (χ0n) is 17.6. The fourth-order valence-electron chi connectivity index (χ4n) is 4.13. The maximum atomic E-state index is 13.1. The van der Waals surface area contributed by atoms with E-state index in [1.807, 2.05) is 24.3 Å². The Bertz CT molecular complexity index is 1130. The van der Waals surface area contributed by atoms with Gasteiger partial charge in [0.25, 0.3) is 5.91 Å². The number of ether oxygens (including phenoxy) is 1. The monoisotopic (exact) mass is 476 g/mol. The summed E-state index contributed by atoms with van der Waals surface area (Å²) in [7, 11) is -3.83. The highest BCUT2D eigenvalue weighted by atomic mass is 35.5. The minimum absolute atomic E-state index is 0.0393. The van der Waals surface area contributed by atoms with Crippen LogP contribution in [0.1, 0.15) is 41.6 Å². The summed E-state index contributed by atoms with van der Waals surface area (Å²) in [5, 5.41) is 0.0514. The third-order valence-electron chi connectivity index (χ3n) is 5.86. The first-order valence-corrected chi connectivity index (χ1v) is 12.5. The second-order valence-electron chi connectivity index (χ2n) is 7.96. The topological polar surface area (TPSA) is 84.0 Å². The van der Waals surface area contributed by atoms with Crippen LogP contribution in [0.5, 0.6) is 0 Å². The molecule has 32 heavy (non-hydrogen) atoms. The number of sulfonamides is 1. The molecule has 170 valence electrons. The van der Waals surface area contributed by atoms with Crippen LogP contribution >= 0.6 is 11.6 Å². The van der Waals surface area contributed by atoms with Crippen molar-refractivity contribution in [3.8, 4) is 0 Å². The molecule has 0 bridgehead atoms. The number of rotatable bonds is 5. The van der Waals surface area contributed by atoms with E-state index in [0.29, 0.717) is 19.6 Å². The lowest BCUT2D eigenvalue weighted by Crippen LogP contribution is -2.33. The lowest BCUT2D eigenvalue weighted by molar-refractivity contribution is -0.121. The van der Waals surface area contributed by atoms with Gasteiger partial charge in [0.2, 0.25) is 10.0 Å². The molecular weight excluding hydrogens is 452 g/mol. The van der Waals surface area contributed by atoms with E-state index >= 15 is 0 Å². The molecule has 9 heteroatoms. The maximum Gasteiger partial charge on any atom is 0.338 e. The molecular formula is C23H25ClN2O5S. The molecule has 4 rings (SSSR count). The average Bonchev–Trinajstić information content (AvgIpc) is 3.02. The highest BCUT2D eigenvalue weighted by Gasteiger charge is 2.29. The molecule has 2 aromatic carbocycles. The first-order chi connectivity index (χ1) is 15.4. The van der Waals surface area contributed by atoms with E-state index in [0.717, 1.165) is 43.4 Å². The van der Waals surface area contributed by atoms with E-state index in [2.05, 4.69) is 0 Å². The number of hydrogen-bond donors (Lipinski definition) is 0. The van der Waals surface area contributed by atoms with Gasteiger partial charge in [0, 0.05) is 25.3 Å². The second kappa shape index (κ2) is 9.60. The molecule has 0 aromatic heterocycles. The number of fused-ring (bicyclic) bond motifs is 1. The number of para-hydroxylation sites is 1. The number of benzene rings is 2. The molecule has 0 unspecified atom stereocenters. The van der Waals surface area contributed by atoms with Gasteiger partial charge in [-0.3, -0.25) is 4.79 Å². The predicted octanol–water partition coefficient (Wildman–Crippen LogP) is 3.65. The number of carbonyl (C=O) groups is 2. The van der Waals surface area contributed by atoms with Gasteiger partial charge in [-0.1, -0.05) is 42.6 Å². The molecule has 7 nitrogen and oxygen atoms in total. The molecule has 0 spiro atoms. The van der Waals surface area contributed by atoms with Crippen LogP contribution in [0.4, 0.5) is 5.69 Å². The summed E-state index contributed by atoms with van der Waals surface area (Å²) >= 11 is 6.19. The fourth-order valence-corrected chi connectivity index (χ4v) is 6.15. The van der Waals surface area contributed by atoms with Gasteiger partial charge in [-0.15, -0.1) is 0 Å². The van der Waals surface area contributed by atoms with E-state index in [1.54, 1.807) is 4.90 Å². The third-order valence-corrected chi connectivity index (χ3v) is 8.24. The zero-order chi connectivity index (χ0) is 22.7. The Kier molecular flexibility index (Phi) is 6.83. The summed E-state index contributed by atoms with van der Waals surface area (Å²) in [6.45, 7) is 0.969. The normalized spacial score (nSPS) is 17.0. The van der Waals surface area contributed by atoms with Crippen molar-refractivity contribution in [2.75, 3.05) is 31.1 Å². The fraction of sp³-hybridized carbons (Fsp3) is 0.391. The molecule has 1 saturated heterocycles. The minimum atomic E-state index is -3.83. The smallest absolute Gasteiger partial charge is 0.338 e. The van der Waals surface area contributed by atoms with E-state index < -0.39 is 22.6 Å². The van der Waals surface area contributed by atoms with Gasteiger partial charge >= 0.3 is 5.97 Å². The van der Waals surface area contributed by atoms with Gasteiger partial charge in [0.15, 0.2) is 6.61 Å². The maximum absolute atomic E-state index is 13.1. The van der Waals surface area contributed by atoms with Crippen molar-refractivity contribution in [3.05, 3.63) is 58.6 Å². The van der Waals surface area contributed by atoms with Crippen molar-refractivity contribution in [3.63, 3.8) is 0 Å². The molecule has 2 aliphatic rings. The van der Waals surface area contributed by atoms with Crippen molar-refractivity contribution in [2.45, 2.75) is 37.0 Å². The van der Waals surface area contributed by atoms with Gasteiger partial charge in [-0.05, 0) is 49.1 Å². The molecule has 1 amide bonds. The standard InChI is InChI=1S/C23H25ClN2O5S/c24-19-10-9-18(15-21(19)32(29,30)25-12-5-1-2-6-13-25)23(28)31-16-22(27)26-14-11-17-7-3-4-8-20(17)26/h3-4,7-10,15H,1-2,5-6,11-14,16H2. The summed E-state index contributed by atoms with van der Waals surface area (Å²) in [6, 6.07) is 11.6. The summed E-state index contributed by atoms with van der Waals surface area (Å²) < 4.78 is 32.9. The van der Waals surface area contributed by atoms with Gasteiger partial charge in [0.05, 0.1) is 10.6 Å². The quantitative estimate of drug-likeness (QED) is 0.615. The Morgan fingerprint density at radius 3 is 2.44 bits per heavy atom. The van der Waals surface area contributed by atoms with Crippen molar-refractivity contribution >= 4 is 39.2 Å². The van der Waals surface area contributed by atoms with Crippen LogP contribution in [0.3, 0.4) is 0 Å². The molecule has 0 atom stereocenters. The lowest BCUT2D eigenvalue weighted by Gasteiger charge is -2.21. The number of carbonyl (C=O) groups excluding carboxylic acids is 2. The van der Waals surface area contributed by atoms with Crippen molar-refractivity contribution in [1.82, 2.24) is 4.31 Å². The van der Waals surface area contributed by atoms with Gasteiger partial charge in [0.1, 0.15) is 4.90 Å². The first kappa shape index (κ1) is 22.8. The van der Waals surface area contributed by atoms with Crippen molar-refractivity contribution in [2.24, 2.45) is 0 Å². The van der Waals surface area contributed by atoms with Gasteiger partial charge in [-0.2, -0.15) is 4.31 Å². The molecule has 0 saturated carbocycles. The highest BCUT2D eigenvalue weighted by molar-refractivity contribution is 7.89. The number of hydrogen-bond acceptors (Lipinski definition) is 5. The van der Waals surface area contributed by atoms with E-state index in [9.17, 15) is 18.0 Å². The number of anilines is 1. The number of halogens is 1. The largest absolute Gasteiger partial charge is 0.452 e. The highest BCUT2D eigenvalue weighted by Crippen LogP contribution is 2.29. The molecule has 2 heterocycles. The average molecular weight is 477 g/mol. The Morgan fingerprint density at radius 1 is 0.969 bits per heavy atom. The Labute approximate surface area is 193 Å². The molecule has 1 fully saturated rings. The molecule has 2 aromatic rings. The van der Waals surface area contributed by atoms with Gasteiger partial charge in [-0.25, -0.2) is 13.2 Å². The van der Waals surface area contributed by atoms with Crippen LogP contribution in [-0.4, -0.2) is 50.8 Å². The van der Waals surface area contributed by atoms with Crippen LogP contribution in [0.15, 0.2) is 47.4 Å². The van der Waals surface area contributed by atoms with Crippen LogP contribution in [0, 0.1) is 0 Å². The summed E-state index contributed by atoms with van der Waals surface area (Å²) in [6.07, 6.45) is 4.31. The van der Waals surface area contributed by atoms with Crippen molar-refractivity contribution in [1.29, 1.82) is 0 Å². The predicted molar refractivity (Wildman–Crippen MR) is 121 cm³/mol. The lowest BCUT2D eigenvalue weighted by atomic mass is 10.2. The van der Waals surface area contributed by atoms with Crippen LogP contribution in [0.2, 0.25) is 5.02 Å². The Balaban J connectivity index is 1.46. The molecule has 0 radical (unpaired) electrons. The van der Waals surface area contributed by atoms with E-state index in [-0.39, 0.29) is 21.4 Å². The van der Waals surface area contributed by atoms with Crippen LogP contribution < -0.4 is 4.90 Å². The summed E-state index contributed by atoms with van der Waals surface area (Å²) in [4.78, 5) is 26.7. The Hall–Kier alpha value is -2.42. The SMILES string of the molecule is O=C(OCC(=O)N1CCc2ccccc21)c1ccc(Cl)c(S(=O)(=O)N2CCCCCC2)c1. The summed E-state index contributed by atoms with van der Waals surface area (Å²) in [5.41, 5.74) is 1.94. The number of nitrogens with zero attached hydrogens (tertiary/aromatic N) is 2. The van der Waals surface area contributed by atoms with Crippen molar-refractivity contribution < 1.29 is 22.7 Å². The molecule has 0 aliphatic carbocycles. The van der Waals surface area contributed by atoms with Crippen LogP contribution in [-0.2, 0) is 26.0 Å². The second-order valence-corrected chi connectivity index (χ2v) is 10.3. The van der Waals surface area contributed by atoms with E-state index in [1.165, 1.54) is 22.5 Å². The molecule has 0 N–H and O–H groups in total. The minimum Gasteiger partial charge on any atom is -0.452 e. The first-order valence-electron chi connectivity index (χ1n) is 10.7. The Morgan fingerprint density at radius 2 is 1.69 bits per heavy atom. The van der Waals surface area contributed by atoms with Gasteiger partial charge < -0.3 is 9.64 Å². The third kappa shape index (κ3) is 4.67. The molecule has 2 aliphatic heterocycles. The van der Waals surface area contributed by atoms with Crippen LogP contribution in [0.25, 0.3) is 0 Å².